The summed E-state index contributed by atoms with van der Waals surface area (Å²) in [6.07, 6.45) is 0.623. The topological polar surface area (TPSA) is 148 Å². The van der Waals surface area contributed by atoms with Crippen molar-refractivity contribution in [1.29, 1.82) is 0 Å². The summed E-state index contributed by atoms with van der Waals surface area (Å²) in [7, 11) is 0. The number of nitrogens with zero attached hydrogens (tertiary/aromatic N) is 2. The molecule has 8 heteroatoms. The molecule has 0 heterocycles. The van der Waals surface area contributed by atoms with Gasteiger partial charge in [-0.25, -0.2) is 0 Å². The van der Waals surface area contributed by atoms with Crippen LogP contribution in [-0.4, -0.2) is 34.5 Å². The lowest BCUT2D eigenvalue weighted by Gasteiger charge is -1.89. The van der Waals surface area contributed by atoms with Gasteiger partial charge in [-0.05, 0) is 6.42 Å². The molecule has 0 rings (SSSR count). The molecule has 8 nitrogen and oxygen atoms in total. The van der Waals surface area contributed by atoms with Crippen molar-refractivity contribution in [3.8, 4) is 0 Å². The molecular formula is C4H12N4O4. The lowest BCUT2D eigenvalue weighted by Crippen LogP contribution is -2.23. The molecule has 0 aliphatic carbocycles. The fraction of sp³-hybridized carbons (Fsp3) is 0.750. The van der Waals surface area contributed by atoms with E-state index in [0.29, 0.717) is 13.0 Å². The second-order valence-corrected chi connectivity index (χ2v) is 1.62. The largest absolute Gasteiger partial charge is 0.396 e. The Balaban J connectivity index is 0. The van der Waals surface area contributed by atoms with Gasteiger partial charge in [0.1, 0.15) is 0 Å². The first-order chi connectivity index (χ1) is 5.50. The van der Waals surface area contributed by atoms with Crippen LogP contribution in [0.5, 0.6) is 0 Å². The van der Waals surface area contributed by atoms with Crippen molar-refractivity contribution >= 4 is 5.96 Å². The number of aliphatic hydroxyl groups is 1. The highest BCUT2D eigenvalue weighted by Gasteiger charge is 1.79. The number of hydrogen-bond acceptors (Lipinski definition) is 4. The summed E-state index contributed by atoms with van der Waals surface area (Å²) in [6.45, 7) is 0.648. The maximum absolute atomic E-state index is 8.36. The van der Waals surface area contributed by atoms with Crippen molar-refractivity contribution in [2.75, 3.05) is 13.2 Å². The van der Waals surface area contributed by atoms with E-state index in [4.69, 9.17) is 31.9 Å². The fourth-order valence-corrected chi connectivity index (χ4v) is 0.279. The van der Waals surface area contributed by atoms with Gasteiger partial charge < -0.3 is 21.8 Å². The van der Waals surface area contributed by atoms with Gasteiger partial charge >= 0.3 is 0 Å². The van der Waals surface area contributed by atoms with Crippen LogP contribution in [0.1, 0.15) is 6.42 Å². The van der Waals surface area contributed by atoms with Crippen LogP contribution in [0, 0.1) is 10.1 Å². The molecule has 0 aromatic rings. The minimum absolute atomic E-state index is 0.0819. The molecule has 0 saturated carbocycles. The Labute approximate surface area is 68.6 Å². The number of rotatable bonds is 3. The van der Waals surface area contributed by atoms with E-state index in [0.717, 1.165) is 0 Å². The molecule has 0 aromatic carbocycles. The van der Waals surface area contributed by atoms with Crippen molar-refractivity contribution in [1.82, 2.24) is 0 Å². The molecule has 0 amide bonds. The molecule has 0 saturated heterocycles. The molecule has 0 spiro atoms. The van der Waals surface area contributed by atoms with Gasteiger partial charge in [-0.15, -0.1) is 10.1 Å². The molecule has 72 valence electrons. The minimum atomic E-state index is -1.50. The minimum Gasteiger partial charge on any atom is -0.396 e. The molecular weight excluding hydrogens is 168 g/mol. The van der Waals surface area contributed by atoms with Crippen LogP contribution in [-0.2, 0) is 0 Å². The third-order valence-electron chi connectivity index (χ3n) is 0.611. The summed E-state index contributed by atoms with van der Waals surface area (Å²) in [5.41, 5.74) is 9.96. The Kier molecular flexibility index (Phi) is 10.3. The molecule has 0 radical (unpaired) electrons. The first-order valence-corrected chi connectivity index (χ1v) is 3.00. The number of nitrogens with two attached hydrogens (primary N) is 2. The van der Waals surface area contributed by atoms with E-state index >= 15 is 0 Å². The lowest BCUT2D eigenvalue weighted by atomic mass is 10.5. The summed E-state index contributed by atoms with van der Waals surface area (Å²) < 4.78 is 0. The number of guanidine groups is 1. The van der Waals surface area contributed by atoms with Gasteiger partial charge in [0.15, 0.2) is 5.96 Å². The maximum atomic E-state index is 8.36. The van der Waals surface area contributed by atoms with Crippen LogP contribution in [0.3, 0.4) is 0 Å². The Hall–Kier alpha value is -1.57. The van der Waals surface area contributed by atoms with Crippen LogP contribution in [0.15, 0.2) is 4.99 Å². The maximum Gasteiger partial charge on any atom is 0.291 e. The third-order valence-corrected chi connectivity index (χ3v) is 0.611. The van der Waals surface area contributed by atoms with Crippen molar-refractivity contribution in [3.63, 3.8) is 0 Å². The predicted molar refractivity (Wildman–Crippen MR) is 41.2 cm³/mol. The average molecular weight is 180 g/mol. The number of aliphatic imine (C=N–C) groups is 1. The highest BCUT2D eigenvalue weighted by atomic mass is 16.9. The van der Waals surface area contributed by atoms with Crippen LogP contribution in [0.25, 0.3) is 0 Å². The van der Waals surface area contributed by atoms with Crippen molar-refractivity contribution in [2.24, 2.45) is 16.5 Å². The van der Waals surface area contributed by atoms with Crippen molar-refractivity contribution in [3.05, 3.63) is 10.1 Å². The summed E-state index contributed by atoms with van der Waals surface area (Å²) in [6, 6.07) is 0. The van der Waals surface area contributed by atoms with E-state index in [-0.39, 0.29) is 12.6 Å². The van der Waals surface area contributed by atoms with E-state index in [2.05, 4.69) is 4.99 Å². The van der Waals surface area contributed by atoms with Gasteiger partial charge in [-0.2, -0.15) is 0 Å². The average Bonchev–Trinajstić information content (AvgIpc) is 1.86. The van der Waals surface area contributed by atoms with E-state index in [1.807, 2.05) is 0 Å². The zero-order valence-electron chi connectivity index (χ0n) is 6.38. The standard InChI is InChI=1S/C4H11N3O.HNO3/c5-4(6)7-2-1-3-8;2-1(3)4/h8H,1-3H2,(H4,5,6,7);(H,2,3,4). The Bertz CT molecular complexity index is 140. The van der Waals surface area contributed by atoms with Gasteiger partial charge in [-0.3, -0.25) is 4.99 Å². The lowest BCUT2D eigenvalue weighted by molar-refractivity contribution is -0.742. The predicted octanol–water partition coefficient (Wildman–Crippen LogP) is -1.71. The quantitative estimate of drug-likeness (QED) is 0.134. The molecule has 0 aromatic heterocycles. The SMILES string of the molecule is NC(N)=NCCCO.O=[N+]([O-])O. The zero-order chi connectivity index (χ0) is 9.98. The van der Waals surface area contributed by atoms with Crippen molar-refractivity contribution in [2.45, 2.75) is 6.42 Å². The first-order valence-electron chi connectivity index (χ1n) is 3.00. The molecule has 0 unspecified atom stereocenters. The highest BCUT2D eigenvalue weighted by Crippen LogP contribution is 1.75. The van der Waals surface area contributed by atoms with Crippen LogP contribution in [0.2, 0.25) is 0 Å². The van der Waals surface area contributed by atoms with Crippen LogP contribution in [0.4, 0.5) is 0 Å². The third kappa shape index (κ3) is 39.6. The summed E-state index contributed by atoms with van der Waals surface area (Å²) >= 11 is 0. The van der Waals surface area contributed by atoms with Gasteiger partial charge in [0.2, 0.25) is 0 Å². The fourth-order valence-electron chi connectivity index (χ4n) is 0.279. The second kappa shape index (κ2) is 9.43. The monoisotopic (exact) mass is 180 g/mol. The van der Waals surface area contributed by atoms with Crippen LogP contribution < -0.4 is 11.5 Å². The molecule has 0 aliphatic rings. The smallest absolute Gasteiger partial charge is 0.291 e. The Morgan fingerprint density at radius 1 is 1.58 bits per heavy atom. The highest BCUT2D eigenvalue weighted by molar-refractivity contribution is 5.75. The molecule has 6 N–H and O–H groups in total. The molecule has 0 fully saturated rings. The van der Waals surface area contributed by atoms with E-state index in [1.165, 1.54) is 0 Å². The number of hydrogen-bond donors (Lipinski definition) is 4. The second-order valence-electron chi connectivity index (χ2n) is 1.62. The van der Waals surface area contributed by atoms with Crippen LogP contribution >= 0.6 is 0 Å². The van der Waals surface area contributed by atoms with E-state index in [1.54, 1.807) is 0 Å². The normalized spacial score (nSPS) is 7.75. The molecule has 0 bridgehead atoms. The van der Waals surface area contributed by atoms with E-state index in [9.17, 15) is 0 Å². The zero-order valence-corrected chi connectivity index (χ0v) is 6.38. The van der Waals surface area contributed by atoms with E-state index < -0.39 is 5.09 Å². The van der Waals surface area contributed by atoms with Gasteiger partial charge in [0.25, 0.3) is 5.09 Å². The van der Waals surface area contributed by atoms with Crippen molar-refractivity contribution < 1.29 is 15.4 Å². The Morgan fingerprint density at radius 2 is 2.00 bits per heavy atom. The summed E-state index contributed by atoms with van der Waals surface area (Å²) in [4.78, 5) is 12.0. The van der Waals surface area contributed by atoms with Gasteiger partial charge in [0.05, 0.1) is 0 Å². The molecule has 0 aliphatic heterocycles. The number of aliphatic hydroxyl groups excluding tert-OH is 1. The summed E-state index contributed by atoms with van der Waals surface area (Å²) in [5, 5.41) is 21.9. The summed E-state index contributed by atoms with van der Waals surface area (Å²) in [5.74, 6) is 0.0819. The first kappa shape index (κ1) is 13.1. The Morgan fingerprint density at radius 3 is 2.25 bits per heavy atom. The molecule has 0 atom stereocenters. The van der Waals surface area contributed by atoms with Gasteiger partial charge in [0, 0.05) is 13.2 Å². The molecule has 12 heavy (non-hydrogen) atoms. The van der Waals surface area contributed by atoms with Gasteiger partial charge in [-0.1, -0.05) is 0 Å².